The van der Waals surface area contributed by atoms with Crippen molar-refractivity contribution in [2.75, 3.05) is 0 Å². The smallest absolute Gasteiger partial charge is 0.234 e. The normalized spacial score (nSPS) is 10.9. The van der Waals surface area contributed by atoms with Crippen molar-refractivity contribution in [2.45, 2.75) is 33.4 Å². The lowest BCUT2D eigenvalue weighted by molar-refractivity contribution is -0.694. The van der Waals surface area contributed by atoms with Crippen LogP contribution in [0.3, 0.4) is 0 Å². The lowest BCUT2D eigenvalue weighted by atomic mass is 10.2. The first-order chi connectivity index (χ1) is 8.61. The summed E-state index contributed by atoms with van der Waals surface area (Å²) < 4.78 is 18.3. The predicted octanol–water partition coefficient (Wildman–Crippen LogP) is 3.44. The molecule has 0 aliphatic rings. The van der Waals surface area contributed by atoms with Gasteiger partial charge in [-0.2, -0.15) is 0 Å². The molecule has 1 aromatic carbocycles. The molecule has 0 unspecified atom stereocenters. The van der Waals surface area contributed by atoms with E-state index in [2.05, 4.69) is 51.3 Å². The van der Waals surface area contributed by atoms with Gasteiger partial charge < -0.3 is 0 Å². The van der Waals surface area contributed by atoms with E-state index in [1.807, 2.05) is 6.07 Å². The summed E-state index contributed by atoms with van der Waals surface area (Å²) in [5, 5.41) is 0. The molecule has 0 radical (unpaired) electrons. The van der Waals surface area contributed by atoms with Crippen molar-refractivity contribution < 1.29 is 8.96 Å². The second-order valence-electron chi connectivity index (χ2n) is 4.40. The number of hydrogen-bond donors (Lipinski definition) is 0. The fourth-order valence-electron chi connectivity index (χ4n) is 2.02. The van der Waals surface area contributed by atoms with Crippen LogP contribution in [0.15, 0.2) is 35.1 Å². The molecule has 0 amide bonds. The van der Waals surface area contributed by atoms with Crippen LogP contribution in [0.5, 0.6) is 0 Å². The van der Waals surface area contributed by atoms with Gasteiger partial charge in [0.05, 0.1) is 6.54 Å². The second kappa shape index (κ2) is 5.65. The maximum atomic E-state index is 13.0. The minimum Gasteiger partial charge on any atom is -0.234 e. The van der Waals surface area contributed by atoms with E-state index in [1.54, 1.807) is 0 Å². The summed E-state index contributed by atoms with van der Waals surface area (Å²) in [6.07, 6.45) is 5.28. The van der Waals surface area contributed by atoms with Gasteiger partial charge in [0.1, 0.15) is 24.8 Å². The van der Waals surface area contributed by atoms with Gasteiger partial charge in [-0.3, -0.25) is 0 Å². The van der Waals surface area contributed by atoms with Crippen molar-refractivity contribution in [1.82, 2.24) is 4.57 Å². The SMILES string of the molecule is CCCn1cc[n+](Cc2ccc(F)cc2Br)c1C. The second-order valence-corrected chi connectivity index (χ2v) is 5.26. The van der Waals surface area contributed by atoms with Crippen LogP contribution in [0.25, 0.3) is 0 Å². The van der Waals surface area contributed by atoms with Gasteiger partial charge in [-0.05, 0) is 18.6 Å². The van der Waals surface area contributed by atoms with E-state index in [1.165, 1.54) is 18.0 Å². The monoisotopic (exact) mass is 311 g/mol. The van der Waals surface area contributed by atoms with Crippen LogP contribution in [0.1, 0.15) is 24.7 Å². The Kier molecular flexibility index (Phi) is 4.17. The number of halogens is 2. The van der Waals surface area contributed by atoms with Gasteiger partial charge in [0.25, 0.3) is 5.82 Å². The summed E-state index contributed by atoms with van der Waals surface area (Å²) in [7, 11) is 0. The highest BCUT2D eigenvalue weighted by Gasteiger charge is 2.13. The molecule has 2 aromatic rings. The topological polar surface area (TPSA) is 8.81 Å². The Morgan fingerprint density at radius 2 is 2.17 bits per heavy atom. The number of aromatic nitrogens is 2. The Morgan fingerprint density at radius 1 is 1.39 bits per heavy atom. The molecule has 0 fully saturated rings. The Labute approximate surface area is 115 Å². The minimum absolute atomic E-state index is 0.212. The maximum Gasteiger partial charge on any atom is 0.253 e. The third-order valence-electron chi connectivity index (χ3n) is 3.08. The Hall–Kier alpha value is -1.16. The molecule has 2 nitrogen and oxygen atoms in total. The molecule has 2 rings (SSSR count). The van der Waals surface area contributed by atoms with Gasteiger partial charge in [-0.15, -0.1) is 0 Å². The van der Waals surface area contributed by atoms with Crippen LogP contribution in [0.4, 0.5) is 4.39 Å². The Balaban J connectivity index is 2.23. The molecule has 1 heterocycles. The molecule has 0 saturated carbocycles. The van der Waals surface area contributed by atoms with Crippen molar-refractivity contribution in [3.63, 3.8) is 0 Å². The highest BCUT2D eigenvalue weighted by atomic mass is 79.9. The number of rotatable bonds is 4. The fourth-order valence-corrected chi connectivity index (χ4v) is 2.50. The first-order valence-corrected chi connectivity index (χ1v) is 6.90. The van der Waals surface area contributed by atoms with Crippen molar-refractivity contribution in [1.29, 1.82) is 0 Å². The first kappa shape index (κ1) is 13.3. The van der Waals surface area contributed by atoms with Crippen molar-refractivity contribution in [2.24, 2.45) is 0 Å². The number of nitrogens with zero attached hydrogens (tertiary/aromatic N) is 2. The number of aryl methyl sites for hydroxylation is 1. The molecule has 0 atom stereocenters. The largest absolute Gasteiger partial charge is 0.253 e. The van der Waals surface area contributed by atoms with Gasteiger partial charge >= 0.3 is 0 Å². The Morgan fingerprint density at radius 3 is 2.83 bits per heavy atom. The zero-order valence-corrected chi connectivity index (χ0v) is 12.2. The highest BCUT2D eigenvalue weighted by molar-refractivity contribution is 9.10. The molecule has 0 aliphatic carbocycles. The molecule has 96 valence electrons. The molecule has 18 heavy (non-hydrogen) atoms. The van der Waals surface area contributed by atoms with Gasteiger partial charge in [0.2, 0.25) is 0 Å². The van der Waals surface area contributed by atoms with Crippen LogP contribution in [0.2, 0.25) is 0 Å². The van der Waals surface area contributed by atoms with E-state index in [-0.39, 0.29) is 5.82 Å². The van der Waals surface area contributed by atoms with E-state index >= 15 is 0 Å². The van der Waals surface area contributed by atoms with Crippen molar-refractivity contribution >= 4 is 15.9 Å². The van der Waals surface area contributed by atoms with Crippen molar-refractivity contribution in [3.8, 4) is 0 Å². The van der Waals surface area contributed by atoms with Gasteiger partial charge in [0, 0.05) is 17.0 Å². The average molecular weight is 312 g/mol. The molecule has 0 spiro atoms. The molecule has 4 heteroatoms. The molecule has 0 aliphatic heterocycles. The number of imidazole rings is 1. The van der Waals surface area contributed by atoms with E-state index in [4.69, 9.17) is 0 Å². The highest BCUT2D eigenvalue weighted by Crippen LogP contribution is 2.17. The Bertz CT molecular complexity index is 549. The third kappa shape index (κ3) is 2.80. The van der Waals surface area contributed by atoms with Crippen LogP contribution in [-0.2, 0) is 13.1 Å². The molecular formula is C14H17BrFN2+. The summed E-state index contributed by atoms with van der Waals surface area (Å²) in [5.41, 5.74) is 1.08. The summed E-state index contributed by atoms with van der Waals surface area (Å²) in [6.45, 7) is 6.06. The molecular weight excluding hydrogens is 295 g/mol. The zero-order chi connectivity index (χ0) is 13.1. The maximum absolute atomic E-state index is 13.0. The van der Waals surface area contributed by atoms with Gasteiger partial charge in [-0.25, -0.2) is 13.5 Å². The number of hydrogen-bond acceptors (Lipinski definition) is 0. The summed E-state index contributed by atoms with van der Waals surface area (Å²) >= 11 is 3.41. The quantitative estimate of drug-likeness (QED) is 0.765. The van der Waals surface area contributed by atoms with E-state index in [9.17, 15) is 4.39 Å². The van der Waals surface area contributed by atoms with E-state index in [0.29, 0.717) is 0 Å². The first-order valence-electron chi connectivity index (χ1n) is 6.11. The lowest BCUT2D eigenvalue weighted by Gasteiger charge is -2.04. The predicted molar refractivity (Wildman–Crippen MR) is 72.9 cm³/mol. The van der Waals surface area contributed by atoms with Crippen LogP contribution < -0.4 is 4.57 Å². The van der Waals surface area contributed by atoms with Crippen molar-refractivity contribution in [3.05, 3.63) is 52.3 Å². The average Bonchev–Trinajstić information content (AvgIpc) is 2.66. The van der Waals surface area contributed by atoms with Gasteiger partial charge in [0.15, 0.2) is 0 Å². The van der Waals surface area contributed by atoms with Crippen LogP contribution in [-0.4, -0.2) is 4.57 Å². The molecule has 0 saturated heterocycles. The van der Waals surface area contributed by atoms with E-state index in [0.717, 1.165) is 29.5 Å². The molecule has 1 aromatic heterocycles. The summed E-state index contributed by atoms with van der Waals surface area (Å²) in [5.74, 6) is 1.00. The van der Waals surface area contributed by atoms with Crippen LogP contribution in [0, 0.1) is 12.7 Å². The van der Waals surface area contributed by atoms with E-state index < -0.39 is 0 Å². The molecule has 0 bridgehead atoms. The van der Waals surface area contributed by atoms with Crippen LogP contribution >= 0.6 is 15.9 Å². The zero-order valence-electron chi connectivity index (χ0n) is 10.7. The molecule has 0 N–H and O–H groups in total. The van der Waals surface area contributed by atoms with Gasteiger partial charge in [-0.1, -0.05) is 28.9 Å². The fraction of sp³-hybridized carbons (Fsp3) is 0.357. The lowest BCUT2D eigenvalue weighted by Crippen LogP contribution is -2.36. The third-order valence-corrected chi connectivity index (χ3v) is 3.82. The summed E-state index contributed by atoms with van der Waals surface area (Å²) in [4.78, 5) is 0. The summed E-state index contributed by atoms with van der Waals surface area (Å²) in [6, 6.07) is 4.83. The standard InChI is InChI=1S/C14H17BrFN2/c1-3-6-17-7-8-18(11(17)2)10-12-4-5-13(16)9-14(12)15/h4-5,7-9H,3,6,10H2,1-2H3/q+1. The number of benzene rings is 1. The minimum atomic E-state index is -0.212.